The number of thioether (sulfide) groups is 1. The third kappa shape index (κ3) is 5.68. The molecule has 1 aromatic heterocycles. The maximum Gasteiger partial charge on any atom is 0.344 e. The summed E-state index contributed by atoms with van der Waals surface area (Å²) in [5, 5.41) is 9.13. The molecule has 2 N–H and O–H groups in total. The van der Waals surface area contributed by atoms with E-state index in [2.05, 4.69) is 15.5 Å². The molecule has 0 aliphatic carbocycles. The Morgan fingerprint density at radius 3 is 2.82 bits per heavy atom. The molecule has 4 rings (SSSR count). The minimum absolute atomic E-state index is 0.0339. The van der Waals surface area contributed by atoms with Crippen LogP contribution in [0.15, 0.2) is 39.1 Å². The first-order chi connectivity index (χ1) is 15.8. The number of carbonyl (C=O) groups is 1. The summed E-state index contributed by atoms with van der Waals surface area (Å²) in [4.78, 5) is 25.1. The molecule has 10 nitrogen and oxygen atoms in total. The van der Waals surface area contributed by atoms with E-state index in [0.29, 0.717) is 37.1 Å². The summed E-state index contributed by atoms with van der Waals surface area (Å²) in [7, 11) is -3.59. The minimum Gasteiger partial charge on any atom is -0.376 e. The molecule has 0 bridgehead atoms. The first-order valence-electron chi connectivity index (χ1n) is 11.2. The van der Waals surface area contributed by atoms with Crippen LogP contribution >= 0.6 is 11.8 Å². The van der Waals surface area contributed by atoms with Crippen LogP contribution in [0.4, 0.5) is 5.69 Å². The van der Waals surface area contributed by atoms with Gasteiger partial charge in [0.2, 0.25) is 15.9 Å². The summed E-state index contributed by atoms with van der Waals surface area (Å²) >= 11 is 1.16. The smallest absolute Gasteiger partial charge is 0.344 e. The van der Waals surface area contributed by atoms with Crippen LogP contribution in [-0.2, 0) is 26.1 Å². The van der Waals surface area contributed by atoms with E-state index in [1.165, 1.54) is 14.9 Å². The number of hydrogen-bond donors (Lipinski definition) is 2. The highest BCUT2D eigenvalue weighted by Crippen LogP contribution is 2.25. The van der Waals surface area contributed by atoms with Crippen molar-refractivity contribution in [2.24, 2.45) is 0 Å². The van der Waals surface area contributed by atoms with E-state index < -0.39 is 15.3 Å². The van der Waals surface area contributed by atoms with Gasteiger partial charge in [-0.3, -0.25) is 9.36 Å². The molecule has 0 saturated carbocycles. The number of hydrogen-bond acceptors (Lipinski definition) is 7. The Morgan fingerprint density at radius 2 is 2.09 bits per heavy atom. The Balaban J connectivity index is 1.41. The van der Waals surface area contributed by atoms with Gasteiger partial charge in [0, 0.05) is 25.4 Å². The van der Waals surface area contributed by atoms with Crippen molar-refractivity contribution in [2.75, 3.05) is 25.0 Å². The highest BCUT2D eigenvalue weighted by molar-refractivity contribution is 8.00. The van der Waals surface area contributed by atoms with Crippen LogP contribution in [0, 0.1) is 0 Å². The average Bonchev–Trinajstić information content (AvgIpc) is 3.45. The molecule has 2 fully saturated rings. The normalized spacial score (nSPS) is 20.6. The standard InChI is InChI=1S/C21H29N5O5S2/c1-15(32-21-24-23-20(28)26(21)14-17-8-6-12-31-17)19(27)22-16-7-5-9-18(13-16)33(29,30)25-10-3-2-4-11-25/h5,7,9,13,15,17H,2-4,6,8,10-12,14H2,1H3,(H,22,27)(H,23,28). The number of nitrogens with zero attached hydrogens (tertiary/aromatic N) is 3. The number of amides is 1. The number of anilines is 1. The Labute approximate surface area is 197 Å². The number of aromatic amines is 1. The third-order valence-corrected chi connectivity index (χ3v) is 8.82. The first-order valence-corrected chi connectivity index (χ1v) is 13.5. The number of rotatable bonds is 8. The Hall–Kier alpha value is -2.15. The lowest BCUT2D eigenvalue weighted by atomic mass is 10.2. The molecule has 180 valence electrons. The van der Waals surface area contributed by atoms with Gasteiger partial charge in [0.25, 0.3) is 0 Å². The summed E-state index contributed by atoms with van der Waals surface area (Å²) in [6.45, 7) is 3.82. The fourth-order valence-electron chi connectivity index (χ4n) is 3.99. The number of benzene rings is 1. The second kappa shape index (κ2) is 10.4. The molecule has 12 heteroatoms. The lowest BCUT2D eigenvalue weighted by Gasteiger charge is -2.26. The van der Waals surface area contributed by atoms with Crippen molar-refractivity contribution in [3.63, 3.8) is 0 Å². The van der Waals surface area contributed by atoms with Crippen molar-refractivity contribution in [3.8, 4) is 0 Å². The van der Waals surface area contributed by atoms with Crippen LogP contribution in [-0.4, -0.2) is 64.4 Å². The molecule has 1 amide bonds. The molecule has 2 aliphatic heterocycles. The number of ether oxygens (including phenoxy) is 1. The van der Waals surface area contributed by atoms with Gasteiger partial charge in [-0.1, -0.05) is 24.2 Å². The van der Waals surface area contributed by atoms with E-state index in [0.717, 1.165) is 43.9 Å². The second-order valence-corrected chi connectivity index (χ2v) is 11.5. The van der Waals surface area contributed by atoms with E-state index in [1.54, 1.807) is 25.1 Å². The van der Waals surface area contributed by atoms with Crippen molar-refractivity contribution >= 4 is 33.4 Å². The van der Waals surface area contributed by atoms with E-state index in [9.17, 15) is 18.0 Å². The van der Waals surface area contributed by atoms with Gasteiger partial charge in [0.15, 0.2) is 5.16 Å². The molecule has 2 aromatic rings. The molecular formula is C21H29N5O5S2. The highest BCUT2D eigenvalue weighted by atomic mass is 32.2. The van der Waals surface area contributed by atoms with Crippen molar-refractivity contribution < 1.29 is 17.9 Å². The van der Waals surface area contributed by atoms with E-state index >= 15 is 0 Å². The predicted molar refractivity (Wildman–Crippen MR) is 125 cm³/mol. The Morgan fingerprint density at radius 1 is 1.30 bits per heavy atom. The number of aromatic nitrogens is 3. The van der Waals surface area contributed by atoms with Gasteiger partial charge in [0.1, 0.15) is 0 Å². The molecule has 2 saturated heterocycles. The first kappa shape index (κ1) is 24.0. The molecule has 0 spiro atoms. The van der Waals surface area contributed by atoms with Gasteiger partial charge in [-0.25, -0.2) is 18.3 Å². The molecule has 2 unspecified atom stereocenters. The van der Waals surface area contributed by atoms with Crippen LogP contribution in [0.2, 0.25) is 0 Å². The summed E-state index contributed by atoms with van der Waals surface area (Å²) in [5.41, 5.74) is 0.0699. The van der Waals surface area contributed by atoms with Gasteiger partial charge in [-0.2, -0.15) is 4.31 Å². The van der Waals surface area contributed by atoms with Gasteiger partial charge in [-0.05, 0) is 50.8 Å². The summed E-state index contributed by atoms with van der Waals surface area (Å²) in [5.74, 6) is -0.313. The zero-order valence-corrected chi connectivity index (χ0v) is 20.2. The minimum atomic E-state index is -3.59. The number of sulfonamides is 1. The third-order valence-electron chi connectivity index (χ3n) is 5.84. The maximum absolute atomic E-state index is 12.9. The molecule has 3 heterocycles. The lowest BCUT2D eigenvalue weighted by Crippen LogP contribution is -2.35. The molecule has 2 atom stereocenters. The zero-order valence-electron chi connectivity index (χ0n) is 18.5. The molecule has 2 aliphatic rings. The highest BCUT2D eigenvalue weighted by Gasteiger charge is 2.27. The van der Waals surface area contributed by atoms with Gasteiger partial charge < -0.3 is 10.1 Å². The molecule has 33 heavy (non-hydrogen) atoms. The largest absolute Gasteiger partial charge is 0.376 e. The predicted octanol–water partition coefficient (Wildman–Crippen LogP) is 2.04. The fourth-order valence-corrected chi connectivity index (χ4v) is 6.42. The fraction of sp³-hybridized carbons (Fsp3) is 0.571. The Bertz CT molecular complexity index is 1130. The van der Waals surface area contributed by atoms with E-state index in [4.69, 9.17) is 4.74 Å². The number of piperidine rings is 1. The lowest BCUT2D eigenvalue weighted by molar-refractivity contribution is -0.115. The van der Waals surface area contributed by atoms with Crippen molar-refractivity contribution in [3.05, 3.63) is 34.7 Å². The second-order valence-electron chi connectivity index (χ2n) is 8.30. The summed E-state index contributed by atoms with van der Waals surface area (Å²) < 4.78 is 34.5. The van der Waals surface area contributed by atoms with Crippen molar-refractivity contribution in [2.45, 2.75) is 67.0 Å². The number of nitrogens with one attached hydrogen (secondary N) is 2. The van der Waals surface area contributed by atoms with Crippen LogP contribution in [0.3, 0.4) is 0 Å². The quantitative estimate of drug-likeness (QED) is 0.537. The molecular weight excluding hydrogens is 466 g/mol. The maximum atomic E-state index is 12.9. The van der Waals surface area contributed by atoms with Crippen LogP contribution < -0.4 is 11.0 Å². The van der Waals surface area contributed by atoms with Gasteiger partial charge >= 0.3 is 5.69 Å². The monoisotopic (exact) mass is 495 g/mol. The van der Waals surface area contributed by atoms with E-state index in [1.807, 2.05) is 0 Å². The molecule has 1 aromatic carbocycles. The summed E-state index contributed by atoms with van der Waals surface area (Å²) in [6, 6.07) is 6.32. The Kier molecular flexibility index (Phi) is 7.57. The number of carbonyl (C=O) groups excluding carboxylic acids is 1. The molecule has 0 radical (unpaired) electrons. The topological polar surface area (TPSA) is 126 Å². The van der Waals surface area contributed by atoms with Gasteiger partial charge in [0.05, 0.1) is 22.8 Å². The van der Waals surface area contributed by atoms with Crippen LogP contribution in [0.5, 0.6) is 0 Å². The zero-order chi connectivity index (χ0) is 23.4. The van der Waals surface area contributed by atoms with Crippen LogP contribution in [0.25, 0.3) is 0 Å². The van der Waals surface area contributed by atoms with Crippen LogP contribution in [0.1, 0.15) is 39.0 Å². The summed E-state index contributed by atoms with van der Waals surface area (Å²) in [6.07, 6.45) is 4.56. The van der Waals surface area contributed by atoms with E-state index in [-0.39, 0.29) is 22.6 Å². The average molecular weight is 496 g/mol. The SMILES string of the molecule is CC(Sc1n[nH]c(=O)n1CC1CCCO1)C(=O)Nc1cccc(S(=O)(=O)N2CCCCC2)c1. The van der Waals surface area contributed by atoms with Crippen molar-refractivity contribution in [1.82, 2.24) is 19.1 Å². The van der Waals surface area contributed by atoms with Gasteiger partial charge in [-0.15, -0.1) is 5.10 Å². The number of H-pyrrole nitrogens is 1. The van der Waals surface area contributed by atoms with Crippen molar-refractivity contribution in [1.29, 1.82) is 0 Å².